The Bertz CT molecular complexity index is 1580. The summed E-state index contributed by atoms with van der Waals surface area (Å²) >= 11 is 0. The van der Waals surface area contributed by atoms with E-state index in [4.69, 9.17) is 10.5 Å². The summed E-state index contributed by atoms with van der Waals surface area (Å²) in [5.41, 5.74) is 6.04. The van der Waals surface area contributed by atoms with E-state index >= 15 is 0 Å². The molecule has 5 rings (SSSR count). The molecule has 3 aromatic rings. The number of hydrogen-bond donors (Lipinski definition) is 2. The molecule has 46 heavy (non-hydrogen) atoms. The number of nitrogens with one attached hydrogen (secondary N) is 1. The van der Waals surface area contributed by atoms with Crippen molar-refractivity contribution in [3.8, 4) is 0 Å². The van der Waals surface area contributed by atoms with Gasteiger partial charge in [0.25, 0.3) is 11.8 Å². The number of carbonyl (C=O) groups excluding carboxylic acids is 4. The minimum Gasteiger partial charge on any atom is -0.374 e. The van der Waals surface area contributed by atoms with Crippen molar-refractivity contribution in [3.05, 3.63) is 101 Å². The summed E-state index contributed by atoms with van der Waals surface area (Å²) in [7, 11) is 0. The number of nitrogens with two attached hydrogens (primary N) is 1. The summed E-state index contributed by atoms with van der Waals surface area (Å²) in [6.45, 7) is -2.36. The van der Waals surface area contributed by atoms with Gasteiger partial charge in [-0.25, -0.2) is 4.79 Å². The van der Waals surface area contributed by atoms with Gasteiger partial charge < -0.3 is 25.6 Å². The number of ether oxygens (including phenoxy) is 1. The number of rotatable bonds is 11. The Morgan fingerprint density at radius 2 is 1.74 bits per heavy atom. The van der Waals surface area contributed by atoms with Gasteiger partial charge in [0.2, 0.25) is 5.91 Å². The summed E-state index contributed by atoms with van der Waals surface area (Å²) in [6, 6.07) is 18.3. The summed E-state index contributed by atoms with van der Waals surface area (Å²) < 4.78 is 46.2. The normalized spacial score (nSPS) is 18.8. The van der Waals surface area contributed by atoms with Crippen LogP contribution in [0.3, 0.4) is 0 Å². The van der Waals surface area contributed by atoms with Crippen LogP contribution in [0.25, 0.3) is 0 Å². The maximum absolute atomic E-state index is 14.1. The lowest BCUT2D eigenvalue weighted by Crippen LogP contribution is -2.67. The third kappa shape index (κ3) is 7.18. The second-order valence-corrected chi connectivity index (χ2v) is 11.2. The number of hydrogen-bond acceptors (Lipinski definition) is 7. The fourth-order valence-corrected chi connectivity index (χ4v) is 5.74. The first-order valence-electron chi connectivity index (χ1n) is 14.6. The number of carbonyl (C=O) groups is 4. The molecule has 5 amide bonds. The molecule has 11 nitrogen and oxygen atoms in total. The zero-order valence-corrected chi connectivity index (χ0v) is 24.8. The van der Waals surface area contributed by atoms with Gasteiger partial charge in [0.15, 0.2) is 0 Å². The van der Waals surface area contributed by atoms with E-state index in [1.165, 1.54) is 11.1 Å². The van der Waals surface area contributed by atoms with Crippen molar-refractivity contribution in [1.82, 2.24) is 25.0 Å². The molecule has 0 aliphatic carbocycles. The highest BCUT2D eigenvalue weighted by atomic mass is 19.4. The summed E-state index contributed by atoms with van der Waals surface area (Å²) in [4.78, 5) is 61.1. The van der Waals surface area contributed by atoms with Crippen LogP contribution >= 0.6 is 0 Å². The van der Waals surface area contributed by atoms with E-state index in [-0.39, 0.29) is 49.7 Å². The molecule has 242 valence electrons. The van der Waals surface area contributed by atoms with Gasteiger partial charge in [-0.15, -0.1) is 0 Å². The quantitative estimate of drug-likeness (QED) is 0.308. The topological polar surface area (TPSA) is 138 Å². The Hall–Kier alpha value is -4.82. The molecule has 1 aromatic heterocycles. The van der Waals surface area contributed by atoms with Crippen molar-refractivity contribution in [3.63, 3.8) is 0 Å². The predicted molar refractivity (Wildman–Crippen MR) is 159 cm³/mol. The Kier molecular flexibility index (Phi) is 9.68. The van der Waals surface area contributed by atoms with Crippen molar-refractivity contribution in [1.29, 1.82) is 0 Å². The van der Waals surface area contributed by atoms with Gasteiger partial charge >= 0.3 is 12.2 Å². The zero-order valence-electron chi connectivity index (χ0n) is 24.8. The molecule has 2 atom stereocenters. The maximum atomic E-state index is 14.1. The van der Waals surface area contributed by atoms with Crippen LogP contribution in [0.5, 0.6) is 0 Å². The van der Waals surface area contributed by atoms with Crippen LogP contribution in [0.2, 0.25) is 0 Å². The second kappa shape index (κ2) is 13.7. The SMILES string of the molecule is NCc1cccc(C(=O)NC(COCc2ccccc2)C(=O)N2CCN3C(=O)N(CC(F)(F)F)C(=O)C3(Cc3ccccn3)C2)c1. The molecule has 0 spiro atoms. The number of halogens is 3. The van der Waals surface area contributed by atoms with E-state index in [0.717, 1.165) is 10.5 Å². The van der Waals surface area contributed by atoms with E-state index in [2.05, 4.69) is 10.3 Å². The van der Waals surface area contributed by atoms with Crippen LogP contribution < -0.4 is 11.1 Å². The minimum absolute atomic E-state index is 0.0879. The standard InChI is InChI=1S/C32H33F3N6O5/c33-32(34,35)21-40-29(44)31(16-25-11-4-5-12-37-25)20-39(13-14-41(31)30(40)45)28(43)26(19-46-18-22-7-2-1-3-8-22)38-27(42)24-10-6-9-23(15-24)17-36/h1-12,15,26H,13-14,16-21,36H2,(H,38,42). The summed E-state index contributed by atoms with van der Waals surface area (Å²) in [5, 5.41) is 2.72. The largest absolute Gasteiger partial charge is 0.406 e. The van der Waals surface area contributed by atoms with Crippen molar-refractivity contribution in [2.45, 2.75) is 37.3 Å². The molecular formula is C32H33F3N6O5. The lowest BCUT2D eigenvalue weighted by Gasteiger charge is -2.45. The fraction of sp³-hybridized carbons (Fsp3) is 0.344. The van der Waals surface area contributed by atoms with Crippen molar-refractivity contribution in [2.75, 3.05) is 32.8 Å². The average Bonchev–Trinajstić information content (AvgIpc) is 3.24. The van der Waals surface area contributed by atoms with Gasteiger partial charge in [-0.2, -0.15) is 13.2 Å². The summed E-state index contributed by atoms with van der Waals surface area (Å²) in [6.07, 6.45) is -3.58. The number of piperazine rings is 1. The molecule has 2 fully saturated rings. The van der Waals surface area contributed by atoms with E-state index in [1.54, 1.807) is 42.5 Å². The van der Waals surface area contributed by atoms with Gasteiger partial charge in [0.05, 0.1) is 19.8 Å². The lowest BCUT2D eigenvalue weighted by atomic mass is 9.88. The van der Waals surface area contributed by atoms with Crippen LogP contribution in [0.15, 0.2) is 79.0 Å². The molecule has 2 unspecified atom stereocenters. The van der Waals surface area contributed by atoms with Gasteiger partial charge in [-0.3, -0.25) is 24.3 Å². The van der Waals surface area contributed by atoms with E-state index in [9.17, 15) is 32.3 Å². The first-order chi connectivity index (χ1) is 22.0. The number of aromatic nitrogens is 1. The third-order valence-electron chi connectivity index (χ3n) is 7.94. The third-order valence-corrected chi connectivity index (χ3v) is 7.94. The molecule has 3 N–H and O–H groups in total. The molecule has 2 saturated heterocycles. The van der Waals surface area contributed by atoms with Gasteiger partial charge in [0.1, 0.15) is 18.1 Å². The van der Waals surface area contributed by atoms with Crippen molar-refractivity contribution in [2.24, 2.45) is 5.73 Å². The van der Waals surface area contributed by atoms with Crippen molar-refractivity contribution < 1.29 is 37.1 Å². The maximum Gasteiger partial charge on any atom is 0.406 e. The predicted octanol–water partition coefficient (Wildman–Crippen LogP) is 2.51. The highest BCUT2D eigenvalue weighted by molar-refractivity contribution is 6.08. The minimum atomic E-state index is -4.83. The Morgan fingerprint density at radius 1 is 1.00 bits per heavy atom. The lowest BCUT2D eigenvalue weighted by molar-refractivity contribution is -0.157. The number of imide groups is 1. The number of urea groups is 1. The molecule has 0 bridgehead atoms. The fourth-order valence-electron chi connectivity index (χ4n) is 5.74. The Balaban J connectivity index is 1.42. The first kappa shape index (κ1) is 32.6. The van der Waals surface area contributed by atoms with Crippen LogP contribution in [-0.2, 0) is 33.9 Å². The van der Waals surface area contributed by atoms with E-state index < -0.39 is 54.6 Å². The van der Waals surface area contributed by atoms with Crippen LogP contribution in [0.4, 0.5) is 18.0 Å². The summed E-state index contributed by atoms with van der Waals surface area (Å²) in [5.74, 6) is -2.26. The molecule has 2 aromatic carbocycles. The molecule has 0 saturated carbocycles. The van der Waals surface area contributed by atoms with Gasteiger partial charge in [-0.1, -0.05) is 48.5 Å². The first-order valence-corrected chi connectivity index (χ1v) is 14.6. The molecule has 2 aliphatic heterocycles. The molecule has 14 heteroatoms. The molecule has 0 radical (unpaired) electrons. The van der Waals surface area contributed by atoms with Crippen LogP contribution in [-0.4, -0.2) is 94.0 Å². The molecule has 3 heterocycles. The van der Waals surface area contributed by atoms with Gasteiger partial charge in [0, 0.05) is 43.5 Å². The zero-order chi connectivity index (χ0) is 32.9. The Labute approximate surface area is 263 Å². The number of amides is 5. The van der Waals surface area contributed by atoms with Crippen molar-refractivity contribution >= 4 is 23.8 Å². The van der Waals surface area contributed by atoms with Crippen LogP contribution in [0, 0.1) is 0 Å². The number of pyridine rings is 1. The number of nitrogens with zero attached hydrogens (tertiary/aromatic N) is 4. The number of fused-ring (bicyclic) bond motifs is 1. The second-order valence-electron chi connectivity index (χ2n) is 11.2. The monoisotopic (exact) mass is 638 g/mol. The number of alkyl halides is 3. The van der Waals surface area contributed by atoms with E-state index in [1.807, 2.05) is 30.3 Å². The molecule has 2 aliphatic rings. The average molecular weight is 639 g/mol. The van der Waals surface area contributed by atoms with Gasteiger partial charge in [-0.05, 0) is 35.4 Å². The Morgan fingerprint density at radius 3 is 2.43 bits per heavy atom. The highest BCUT2D eigenvalue weighted by Gasteiger charge is 2.61. The van der Waals surface area contributed by atoms with Crippen LogP contribution in [0.1, 0.15) is 27.2 Å². The molecular weight excluding hydrogens is 605 g/mol. The smallest absolute Gasteiger partial charge is 0.374 e. The highest BCUT2D eigenvalue weighted by Crippen LogP contribution is 2.36. The number of benzene rings is 2. The van der Waals surface area contributed by atoms with E-state index in [0.29, 0.717) is 11.3 Å².